The molecule has 12 heavy (non-hydrogen) atoms. The summed E-state index contributed by atoms with van der Waals surface area (Å²) < 4.78 is 4.77. The summed E-state index contributed by atoms with van der Waals surface area (Å²) in [6.07, 6.45) is 2.80. The number of ether oxygens (including phenoxy) is 1. The smallest absolute Gasteiger partial charge is 0.330 e. The monoisotopic (exact) mass is 171 g/mol. The minimum absolute atomic E-state index is 0.180. The molecule has 70 valence electrons. The van der Waals surface area contributed by atoms with Crippen LogP contribution in [0.5, 0.6) is 0 Å². The lowest BCUT2D eigenvalue weighted by Gasteiger charge is -2.17. The largest absolute Gasteiger partial charge is 0.463 e. The minimum Gasteiger partial charge on any atom is -0.463 e. The van der Waals surface area contributed by atoms with Crippen molar-refractivity contribution in [3.63, 3.8) is 0 Å². The van der Waals surface area contributed by atoms with Gasteiger partial charge in [0.05, 0.1) is 6.61 Å². The maximum Gasteiger partial charge on any atom is 0.330 e. The number of carbonyl (C=O) groups is 1. The van der Waals surface area contributed by atoms with E-state index in [0.29, 0.717) is 6.61 Å². The van der Waals surface area contributed by atoms with Crippen LogP contribution in [0.4, 0.5) is 0 Å². The van der Waals surface area contributed by atoms with Crippen LogP contribution < -0.4 is 5.73 Å². The average molecular weight is 171 g/mol. The second-order valence-corrected chi connectivity index (χ2v) is 3.46. The molecule has 0 unspecified atom stereocenters. The SMILES string of the molecule is C=CC(=O)OCCCC(C)(C)N. The number of hydrogen-bond acceptors (Lipinski definition) is 3. The molecule has 3 nitrogen and oxygen atoms in total. The van der Waals surface area contributed by atoms with E-state index in [4.69, 9.17) is 10.5 Å². The van der Waals surface area contributed by atoms with Crippen LogP contribution in [0, 0.1) is 0 Å². The van der Waals surface area contributed by atoms with E-state index in [2.05, 4.69) is 6.58 Å². The molecule has 0 atom stereocenters. The Morgan fingerprint density at radius 3 is 2.67 bits per heavy atom. The van der Waals surface area contributed by atoms with E-state index in [0.717, 1.165) is 18.9 Å². The summed E-state index contributed by atoms with van der Waals surface area (Å²) in [4.78, 5) is 10.6. The van der Waals surface area contributed by atoms with Crippen molar-refractivity contribution in [1.29, 1.82) is 0 Å². The molecular weight excluding hydrogens is 154 g/mol. The molecule has 0 aromatic carbocycles. The molecule has 0 aromatic rings. The summed E-state index contributed by atoms with van der Waals surface area (Å²) >= 11 is 0. The maximum absolute atomic E-state index is 10.6. The van der Waals surface area contributed by atoms with Gasteiger partial charge in [0.25, 0.3) is 0 Å². The van der Waals surface area contributed by atoms with Gasteiger partial charge in [0.2, 0.25) is 0 Å². The van der Waals surface area contributed by atoms with Gasteiger partial charge in [-0.25, -0.2) is 4.79 Å². The standard InChI is InChI=1S/C9H17NO2/c1-4-8(11)12-7-5-6-9(2,3)10/h4H,1,5-7,10H2,2-3H3. The van der Waals surface area contributed by atoms with Crippen molar-refractivity contribution >= 4 is 5.97 Å². The van der Waals surface area contributed by atoms with E-state index in [9.17, 15) is 4.79 Å². The first kappa shape index (κ1) is 11.2. The minimum atomic E-state index is -0.371. The highest BCUT2D eigenvalue weighted by molar-refractivity contribution is 5.81. The summed E-state index contributed by atoms with van der Waals surface area (Å²) in [7, 11) is 0. The molecule has 0 radical (unpaired) electrons. The van der Waals surface area contributed by atoms with Crippen LogP contribution >= 0.6 is 0 Å². The van der Waals surface area contributed by atoms with Gasteiger partial charge in [0, 0.05) is 11.6 Å². The van der Waals surface area contributed by atoms with E-state index in [1.54, 1.807) is 0 Å². The van der Waals surface area contributed by atoms with Crippen LogP contribution in [-0.4, -0.2) is 18.1 Å². The second kappa shape index (κ2) is 4.93. The Morgan fingerprint density at radius 2 is 2.25 bits per heavy atom. The van der Waals surface area contributed by atoms with Crippen molar-refractivity contribution in [2.24, 2.45) is 5.73 Å². The highest BCUT2D eigenvalue weighted by atomic mass is 16.5. The van der Waals surface area contributed by atoms with Gasteiger partial charge in [0.1, 0.15) is 0 Å². The normalized spacial score (nSPS) is 10.9. The predicted octanol–water partition coefficient (Wildman–Crippen LogP) is 1.23. The lowest BCUT2D eigenvalue weighted by atomic mass is 10.0. The molecule has 0 aliphatic rings. The fourth-order valence-corrected chi connectivity index (χ4v) is 0.759. The van der Waals surface area contributed by atoms with Gasteiger partial charge < -0.3 is 10.5 Å². The number of carbonyl (C=O) groups excluding carboxylic acids is 1. The first-order chi connectivity index (χ1) is 5.45. The molecule has 0 rings (SSSR count). The quantitative estimate of drug-likeness (QED) is 0.384. The van der Waals surface area contributed by atoms with E-state index >= 15 is 0 Å². The summed E-state index contributed by atoms with van der Waals surface area (Å²) in [5.74, 6) is -0.371. The molecule has 3 heteroatoms. The molecule has 0 aliphatic carbocycles. The van der Waals surface area contributed by atoms with Gasteiger partial charge in [-0.05, 0) is 26.7 Å². The van der Waals surface area contributed by atoms with Crippen LogP contribution in [0.2, 0.25) is 0 Å². The Labute approximate surface area is 73.6 Å². The fourth-order valence-electron chi connectivity index (χ4n) is 0.759. The molecule has 0 heterocycles. The maximum atomic E-state index is 10.6. The first-order valence-electron chi connectivity index (χ1n) is 4.04. The molecular formula is C9H17NO2. The molecule has 0 aromatic heterocycles. The number of esters is 1. The Hall–Kier alpha value is -0.830. The molecule has 0 saturated heterocycles. The van der Waals surface area contributed by atoms with Crippen molar-refractivity contribution in [2.75, 3.05) is 6.61 Å². The van der Waals surface area contributed by atoms with Gasteiger partial charge in [-0.1, -0.05) is 6.58 Å². The highest BCUT2D eigenvalue weighted by Gasteiger charge is 2.09. The average Bonchev–Trinajstić information content (AvgIpc) is 1.96. The van der Waals surface area contributed by atoms with E-state index in [1.165, 1.54) is 0 Å². The van der Waals surface area contributed by atoms with Gasteiger partial charge in [-0.2, -0.15) is 0 Å². The third kappa shape index (κ3) is 7.28. The lowest BCUT2D eigenvalue weighted by Crippen LogP contribution is -2.31. The lowest BCUT2D eigenvalue weighted by molar-refractivity contribution is -0.137. The third-order valence-corrected chi connectivity index (χ3v) is 1.38. The van der Waals surface area contributed by atoms with Crippen LogP contribution in [-0.2, 0) is 9.53 Å². The zero-order valence-corrected chi connectivity index (χ0v) is 7.80. The molecule has 0 bridgehead atoms. The Morgan fingerprint density at radius 1 is 1.67 bits per heavy atom. The Kier molecular flexibility index (Phi) is 4.59. The molecule has 0 aliphatic heterocycles. The summed E-state index contributed by atoms with van der Waals surface area (Å²) in [5, 5.41) is 0. The van der Waals surface area contributed by atoms with Gasteiger partial charge in [-0.15, -0.1) is 0 Å². The number of rotatable bonds is 5. The van der Waals surface area contributed by atoms with Gasteiger partial charge in [-0.3, -0.25) is 0 Å². The molecule has 2 N–H and O–H groups in total. The van der Waals surface area contributed by atoms with Crippen molar-refractivity contribution < 1.29 is 9.53 Å². The van der Waals surface area contributed by atoms with Crippen molar-refractivity contribution in [1.82, 2.24) is 0 Å². The Balaban J connectivity index is 3.34. The summed E-state index contributed by atoms with van der Waals surface area (Å²) in [6, 6.07) is 0. The predicted molar refractivity (Wildman–Crippen MR) is 48.7 cm³/mol. The second-order valence-electron chi connectivity index (χ2n) is 3.46. The molecule has 0 spiro atoms. The van der Waals surface area contributed by atoms with E-state index in [1.807, 2.05) is 13.8 Å². The fraction of sp³-hybridized carbons (Fsp3) is 0.667. The van der Waals surface area contributed by atoms with E-state index in [-0.39, 0.29) is 11.5 Å². The first-order valence-corrected chi connectivity index (χ1v) is 4.04. The van der Waals surface area contributed by atoms with E-state index < -0.39 is 0 Å². The van der Waals surface area contributed by atoms with Gasteiger partial charge in [0.15, 0.2) is 0 Å². The summed E-state index contributed by atoms with van der Waals surface area (Å²) in [6.45, 7) is 7.60. The van der Waals surface area contributed by atoms with Crippen molar-refractivity contribution in [3.05, 3.63) is 12.7 Å². The number of hydrogen-bond donors (Lipinski definition) is 1. The number of nitrogens with two attached hydrogens (primary N) is 1. The van der Waals surface area contributed by atoms with Crippen LogP contribution in [0.1, 0.15) is 26.7 Å². The molecule has 0 amide bonds. The highest BCUT2D eigenvalue weighted by Crippen LogP contribution is 2.06. The van der Waals surface area contributed by atoms with Crippen LogP contribution in [0.25, 0.3) is 0 Å². The summed E-state index contributed by atoms with van der Waals surface area (Å²) in [5.41, 5.74) is 5.54. The van der Waals surface area contributed by atoms with Crippen molar-refractivity contribution in [3.8, 4) is 0 Å². The van der Waals surface area contributed by atoms with Gasteiger partial charge >= 0.3 is 5.97 Å². The topological polar surface area (TPSA) is 52.3 Å². The van der Waals surface area contributed by atoms with Crippen LogP contribution in [0.15, 0.2) is 12.7 Å². The molecule has 0 fully saturated rings. The Bertz CT molecular complexity index is 158. The molecule has 0 saturated carbocycles. The zero-order valence-electron chi connectivity index (χ0n) is 7.80. The third-order valence-electron chi connectivity index (χ3n) is 1.38. The van der Waals surface area contributed by atoms with Crippen molar-refractivity contribution in [2.45, 2.75) is 32.2 Å². The zero-order chi connectivity index (χ0) is 9.61. The van der Waals surface area contributed by atoms with Crippen LogP contribution in [0.3, 0.4) is 0 Å².